The monoisotopic (exact) mass is 700 g/mol. The molecule has 0 unspecified atom stereocenters. The van der Waals surface area contributed by atoms with Gasteiger partial charge in [0.15, 0.2) is 6.29 Å². The molecule has 11 heteroatoms. The number of urea groups is 1. The lowest BCUT2D eigenvalue weighted by Gasteiger charge is -2.44. The molecule has 0 bridgehead atoms. The maximum Gasteiger partial charge on any atom is 0.319 e. The summed E-state index contributed by atoms with van der Waals surface area (Å²) in [6, 6.07) is 34.3. The van der Waals surface area contributed by atoms with Crippen LogP contribution in [0.3, 0.4) is 0 Å². The molecule has 2 aliphatic heterocycles. The lowest BCUT2D eigenvalue weighted by atomic mass is 9.90. The molecule has 11 nitrogen and oxygen atoms in total. The second-order valence-electron chi connectivity index (χ2n) is 13.1. The number of piperazine rings is 1. The van der Waals surface area contributed by atoms with Crippen molar-refractivity contribution in [1.29, 1.82) is 0 Å². The van der Waals surface area contributed by atoms with Gasteiger partial charge in [0.05, 0.1) is 18.8 Å². The minimum absolute atomic E-state index is 0.00367. The third-order valence-electron chi connectivity index (χ3n) is 9.56. The van der Waals surface area contributed by atoms with E-state index in [-0.39, 0.29) is 30.8 Å². The number of rotatable bonds is 11. The normalized spacial score (nSPS) is 20.6. The van der Waals surface area contributed by atoms with Crippen LogP contribution in [0.15, 0.2) is 122 Å². The van der Waals surface area contributed by atoms with Gasteiger partial charge in [-0.15, -0.1) is 0 Å². The predicted octanol–water partition coefficient (Wildman–Crippen LogP) is 6.70. The van der Waals surface area contributed by atoms with Gasteiger partial charge in [-0.05, 0) is 59.2 Å². The third kappa shape index (κ3) is 8.93. The first-order valence-electron chi connectivity index (χ1n) is 17.7. The zero-order chi connectivity index (χ0) is 35.7. The summed E-state index contributed by atoms with van der Waals surface area (Å²) >= 11 is 0. The summed E-state index contributed by atoms with van der Waals surface area (Å²) in [6.45, 7) is 6.78. The molecule has 52 heavy (non-hydrogen) atoms. The van der Waals surface area contributed by atoms with E-state index in [0.29, 0.717) is 18.0 Å². The van der Waals surface area contributed by atoms with Gasteiger partial charge in [0.2, 0.25) is 5.95 Å². The van der Waals surface area contributed by atoms with Crippen LogP contribution in [0.5, 0.6) is 11.5 Å². The maximum atomic E-state index is 12.7. The molecule has 0 aliphatic carbocycles. The average Bonchev–Trinajstić information content (AvgIpc) is 3.20. The van der Waals surface area contributed by atoms with Crippen LogP contribution in [0.2, 0.25) is 0 Å². The highest BCUT2D eigenvalue weighted by Gasteiger charge is 2.39. The van der Waals surface area contributed by atoms with Gasteiger partial charge >= 0.3 is 6.03 Å². The van der Waals surface area contributed by atoms with Crippen molar-refractivity contribution in [3.8, 4) is 11.5 Å². The minimum atomic E-state index is -0.568. The maximum absolute atomic E-state index is 12.7. The molecule has 3 heterocycles. The summed E-state index contributed by atoms with van der Waals surface area (Å²) in [5.41, 5.74) is 4.44. The molecule has 268 valence electrons. The standard InChI is InChI=1S/C41H44N6O5/c1-29-37(27-46-22-24-47(25-23-46)40-42-20-5-21-43-40)51-39(52-38(29)32-12-10-31(28-48)11-13-32)33-14-8-30(9-15-33)26-44-41(49)45-34-16-18-36(19-17-34)50-35-6-3-2-4-7-35/h2-21,29,37-39,48H,22-28H2,1H3,(H2,44,45,49)/t29-,37+,38+,39+/m0/s1. The van der Waals surface area contributed by atoms with Gasteiger partial charge in [-0.3, -0.25) is 4.90 Å². The number of aliphatic hydroxyl groups is 1. The van der Waals surface area contributed by atoms with E-state index in [1.807, 2.05) is 97.1 Å². The summed E-state index contributed by atoms with van der Waals surface area (Å²) in [5, 5.41) is 15.4. The number of hydrogen-bond donors (Lipinski definition) is 3. The first-order chi connectivity index (χ1) is 25.5. The van der Waals surface area contributed by atoms with Crippen molar-refractivity contribution in [3.05, 3.63) is 144 Å². The Bertz CT molecular complexity index is 1860. The van der Waals surface area contributed by atoms with Crippen LogP contribution < -0.4 is 20.3 Å². The van der Waals surface area contributed by atoms with Crippen LogP contribution >= 0.6 is 0 Å². The van der Waals surface area contributed by atoms with Crippen LogP contribution in [0, 0.1) is 5.92 Å². The number of nitrogens with zero attached hydrogens (tertiary/aromatic N) is 4. The molecule has 7 rings (SSSR count). The van der Waals surface area contributed by atoms with Gasteiger partial charge < -0.3 is 34.9 Å². The van der Waals surface area contributed by atoms with Gasteiger partial charge in [-0.1, -0.05) is 73.7 Å². The quantitative estimate of drug-likeness (QED) is 0.138. The van der Waals surface area contributed by atoms with E-state index in [2.05, 4.69) is 37.3 Å². The number of ether oxygens (including phenoxy) is 3. The minimum Gasteiger partial charge on any atom is -0.457 e. The van der Waals surface area contributed by atoms with Crippen molar-refractivity contribution in [1.82, 2.24) is 20.2 Å². The van der Waals surface area contributed by atoms with Gasteiger partial charge in [0.25, 0.3) is 0 Å². The SMILES string of the molecule is C[C@H]1[C@@H](CN2CCN(c3ncccn3)CC2)O[C@@H](c2ccc(CNC(=O)Nc3ccc(Oc4ccccc4)cc3)cc2)O[C@H]1c1ccc(CO)cc1. The number of hydrogen-bond acceptors (Lipinski definition) is 9. The Morgan fingerprint density at radius 1 is 0.788 bits per heavy atom. The number of nitrogens with one attached hydrogen (secondary N) is 2. The number of carbonyl (C=O) groups excluding carboxylic acids is 1. The number of anilines is 2. The van der Waals surface area contributed by atoms with Gasteiger partial charge in [0, 0.05) is 68.8 Å². The van der Waals surface area contributed by atoms with Crippen LogP contribution in [0.25, 0.3) is 0 Å². The summed E-state index contributed by atoms with van der Waals surface area (Å²) in [4.78, 5) is 26.2. The highest BCUT2D eigenvalue weighted by atomic mass is 16.7. The van der Waals surface area contributed by atoms with Crippen molar-refractivity contribution >= 4 is 17.7 Å². The van der Waals surface area contributed by atoms with Crippen molar-refractivity contribution in [2.75, 3.05) is 42.9 Å². The van der Waals surface area contributed by atoms with E-state index < -0.39 is 6.29 Å². The van der Waals surface area contributed by atoms with Gasteiger partial charge in [-0.25, -0.2) is 14.8 Å². The molecule has 4 atom stereocenters. The largest absolute Gasteiger partial charge is 0.457 e. The third-order valence-corrected chi connectivity index (χ3v) is 9.56. The van der Waals surface area contributed by atoms with Crippen LogP contribution in [-0.2, 0) is 22.6 Å². The Morgan fingerprint density at radius 2 is 1.44 bits per heavy atom. The Hall–Kier alpha value is -5.33. The fourth-order valence-electron chi connectivity index (χ4n) is 6.55. The van der Waals surface area contributed by atoms with Gasteiger partial charge in [-0.2, -0.15) is 0 Å². The molecule has 2 aliphatic rings. The Morgan fingerprint density at radius 3 is 2.13 bits per heavy atom. The lowest BCUT2D eigenvalue weighted by molar-refractivity contribution is -0.276. The van der Waals surface area contributed by atoms with Gasteiger partial charge in [0.1, 0.15) is 11.5 Å². The Balaban J connectivity index is 0.963. The molecule has 1 aromatic heterocycles. The molecular formula is C41H44N6O5. The molecule has 2 amide bonds. The highest BCUT2D eigenvalue weighted by Crippen LogP contribution is 2.42. The fourth-order valence-corrected chi connectivity index (χ4v) is 6.55. The zero-order valence-corrected chi connectivity index (χ0v) is 29.2. The number of carbonyl (C=O) groups is 1. The van der Waals surface area contributed by atoms with E-state index >= 15 is 0 Å². The summed E-state index contributed by atoms with van der Waals surface area (Å²) < 4.78 is 19.2. The van der Waals surface area contributed by atoms with Crippen molar-refractivity contribution in [3.63, 3.8) is 0 Å². The summed E-state index contributed by atoms with van der Waals surface area (Å²) in [5.74, 6) is 2.29. The van der Waals surface area contributed by atoms with E-state index in [4.69, 9.17) is 14.2 Å². The van der Waals surface area contributed by atoms with E-state index in [1.165, 1.54) is 0 Å². The number of aromatic nitrogens is 2. The number of benzene rings is 4. The molecule has 0 spiro atoms. The number of aliphatic hydroxyl groups excluding tert-OH is 1. The number of amides is 2. The lowest BCUT2D eigenvalue weighted by Crippen LogP contribution is -2.51. The van der Waals surface area contributed by atoms with E-state index in [9.17, 15) is 9.90 Å². The topological polar surface area (TPSA) is 121 Å². The second-order valence-corrected chi connectivity index (χ2v) is 13.1. The highest BCUT2D eigenvalue weighted by molar-refractivity contribution is 5.89. The smallest absolute Gasteiger partial charge is 0.319 e. The molecule has 5 aromatic rings. The molecule has 2 fully saturated rings. The average molecular weight is 701 g/mol. The van der Waals surface area contributed by atoms with E-state index in [0.717, 1.165) is 66.7 Å². The molecule has 3 N–H and O–H groups in total. The Labute approximate surface area is 304 Å². The fraction of sp³-hybridized carbons (Fsp3) is 0.293. The van der Waals surface area contributed by atoms with Crippen molar-refractivity contribution in [2.24, 2.45) is 5.92 Å². The molecule has 4 aromatic carbocycles. The molecule has 0 saturated carbocycles. The molecular weight excluding hydrogens is 656 g/mol. The number of para-hydroxylation sites is 1. The zero-order valence-electron chi connectivity index (χ0n) is 29.2. The summed E-state index contributed by atoms with van der Waals surface area (Å²) in [6.07, 6.45) is 2.72. The first kappa shape index (κ1) is 35.1. The van der Waals surface area contributed by atoms with Crippen molar-refractivity contribution < 1.29 is 24.1 Å². The predicted molar refractivity (Wildman–Crippen MR) is 199 cm³/mol. The Kier molecular flexibility index (Phi) is 11.3. The van der Waals surface area contributed by atoms with Crippen LogP contribution in [0.4, 0.5) is 16.4 Å². The summed E-state index contributed by atoms with van der Waals surface area (Å²) in [7, 11) is 0. The van der Waals surface area contributed by atoms with Crippen LogP contribution in [-0.4, -0.2) is 64.8 Å². The molecule has 2 saturated heterocycles. The van der Waals surface area contributed by atoms with Crippen molar-refractivity contribution in [2.45, 2.75) is 38.6 Å². The second kappa shape index (κ2) is 16.8. The molecule has 0 radical (unpaired) electrons. The first-order valence-corrected chi connectivity index (χ1v) is 17.7. The van der Waals surface area contributed by atoms with E-state index in [1.54, 1.807) is 24.5 Å². The van der Waals surface area contributed by atoms with Crippen LogP contribution in [0.1, 0.15) is 41.6 Å².